The third-order valence-electron chi connectivity index (χ3n) is 6.81. The zero-order valence-electron chi connectivity index (χ0n) is 16.4. The lowest BCUT2D eigenvalue weighted by molar-refractivity contribution is -0.384. The summed E-state index contributed by atoms with van der Waals surface area (Å²) >= 11 is 0. The average Bonchev–Trinajstić information content (AvgIpc) is 2.72. The standard InChI is InChI=1S/C22H27N3O4/c26-21(12-7-14-5-9-16(10-6-14)25(28)29)23-15-8-11-18-17-3-1-2-4-19(17)22(27)24-20(18)13-15/h5-7,9-10,12,15,17-20H,1-4,8,11,13H2,(H,23,26)(H,24,27)/b12-7-. The van der Waals surface area contributed by atoms with Crippen LogP contribution in [0.15, 0.2) is 30.3 Å². The van der Waals surface area contributed by atoms with Crippen LogP contribution < -0.4 is 10.6 Å². The summed E-state index contributed by atoms with van der Waals surface area (Å²) in [5.41, 5.74) is 0.760. The summed E-state index contributed by atoms with van der Waals surface area (Å²) in [5.74, 6) is 1.29. The van der Waals surface area contributed by atoms with Crippen molar-refractivity contribution in [2.24, 2.45) is 17.8 Å². The second-order valence-electron chi connectivity index (χ2n) is 8.53. The maximum absolute atomic E-state index is 12.5. The van der Waals surface area contributed by atoms with Gasteiger partial charge in [0.2, 0.25) is 11.8 Å². The van der Waals surface area contributed by atoms with Gasteiger partial charge in [-0.25, -0.2) is 0 Å². The topological polar surface area (TPSA) is 101 Å². The average molecular weight is 397 g/mol. The van der Waals surface area contributed by atoms with E-state index in [1.54, 1.807) is 18.2 Å². The molecule has 2 N–H and O–H groups in total. The van der Waals surface area contributed by atoms with E-state index in [1.165, 1.54) is 24.6 Å². The Morgan fingerprint density at radius 2 is 1.86 bits per heavy atom. The highest BCUT2D eigenvalue weighted by atomic mass is 16.6. The first-order chi connectivity index (χ1) is 14.0. The number of amides is 2. The zero-order valence-corrected chi connectivity index (χ0v) is 16.4. The Labute approximate surface area is 170 Å². The van der Waals surface area contributed by atoms with Gasteiger partial charge in [0.25, 0.3) is 5.69 Å². The normalized spacial score (nSPS) is 31.4. The number of nitrogens with one attached hydrogen (secondary N) is 2. The number of carbonyl (C=O) groups excluding carboxylic acids is 2. The lowest BCUT2D eigenvalue weighted by atomic mass is 9.63. The largest absolute Gasteiger partial charge is 0.353 e. The predicted molar refractivity (Wildman–Crippen MR) is 109 cm³/mol. The second-order valence-corrected chi connectivity index (χ2v) is 8.53. The van der Waals surface area contributed by atoms with Crippen molar-refractivity contribution in [3.05, 3.63) is 46.0 Å². The molecule has 3 aliphatic rings. The number of nitrogens with zero attached hydrogens (tertiary/aromatic N) is 1. The Morgan fingerprint density at radius 1 is 1.10 bits per heavy atom. The first-order valence-corrected chi connectivity index (χ1v) is 10.5. The molecule has 0 radical (unpaired) electrons. The monoisotopic (exact) mass is 397 g/mol. The van der Waals surface area contributed by atoms with E-state index in [2.05, 4.69) is 10.6 Å². The summed E-state index contributed by atoms with van der Waals surface area (Å²) in [6.45, 7) is 0. The molecule has 0 spiro atoms. The van der Waals surface area contributed by atoms with Gasteiger partial charge in [0.1, 0.15) is 0 Å². The highest BCUT2D eigenvalue weighted by Gasteiger charge is 2.46. The Hall–Kier alpha value is -2.70. The third-order valence-corrected chi connectivity index (χ3v) is 6.81. The molecule has 5 unspecified atom stereocenters. The molecule has 0 bridgehead atoms. The van der Waals surface area contributed by atoms with Crippen LogP contribution in [-0.4, -0.2) is 28.8 Å². The van der Waals surface area contributed by atoms with Crippen LogP contribution in [0.5, 0.6) is 0 Å². The summed E-state index contributed by atoms with van der Waals surface area (Å²) < 4.78 is 0. The van der Waals surface area contributed by atoms with Gasteiger partial charge in [-0.05, 0) is 67.7 Å². The summed E-state index contributed by atoms with van der Waals surface area (Å²) in [6, 6.07) is 6.30. The van der Waals surface area contributed by atoms with Crippen molar-refractivity contribution in [3.63, 3.8) is 0 Å². The fraction of sp³-hybridized carbons (Fsp3) is 0.545. The van der Waals surface area contributed by atoms with Crippen molar-refractivity contribution in [1.29, 1.82) is 0 Å². The summed E-state index contributed by atoms with van der Waals surface area (Å²) in [4.78, 5) is 35.1. The number of piperidine rings is 1. The molecule has 7 heteroatoms. The van der Waals surface area contributed by atoms with Crippen LogP contribution in [0.4, 0.5) is 5.69 Å². The van der Waals surface area contributed by atoms with Crippen LogP contribution in [-0.2, 0) is 9.59 Å². The van der Waals surface area contributed by atoms with E-state index in [4.69, 9.17) is 0 Å². The minimum atomic E-state index is -0.448. The maximum Gasteiger partial charge on any atom is 0.269 e. The fourth-order valence-corrected chi connectivity index (χ4v) is 5.42. The van der Waals surface area contributed by atoms with Crippen LogP contribution in [0.3, 0.4) is 0 Å². The number of rotatable bonds is 4. The molecule has 7 nitrogen and oxygen atoms in total. The molecule has 154 valence electrons. The highest BCUT2D eigenvalue weighted by molar-refractivity contribution is 5.92. The lowest BCUT2D eigenvalue weighted by Gasteiger charge is -2.49. The van der Waals surface area contributed by atoms with E-state index in [1.807, 2.05) is 0 Å². The highest BCUT2D eigenvalue weighted by Crippen LogP contribution is 2.44. The Balaban J connectivity index is 1.32. The van der Waals surface area contributed by atoms with Gasteiger partial charge >= 0.3 is 0 Å². The fourth-order valence-electron chi connectivity index (χ4n) is 5.42. The van der Waals surface area contributed by atoms with Crippen molar-refractivity contribution in [2.45, 2.75) is 57.0 Å². The number of hydrogen-bond donors (Lipinski definition) is 2. The van der Waals surface area contributed by atoms with E-state index < -0.39 is 4.92 Å². The van der Waals surface area contributed by atoms with Gasteiger partial charge in [-0.3, -0.25) is 19.7 Å². The molecular weight excluding hydrogens is 370 g/mol. The number of nitro benzene ring substituents is 1. The van der Waals surface area contributed by atoms with Gasteiger partial charge in [0.05, 0.1) is 4.92 Å². The van der Waals surface area contributed by atoms with Crippen LogP contribution in [0.25, 0.3) is 6.08 Å². The van der Waals surface area contributed by atoms with Crippen molar-refractivity contribution in [1.82, 2.24) is 10.6 Å². The summed E-state index contributed by atoms with van der Waals surface area (Å²) in [7, 11) is 0. The minimum Gasteiger partial charge on any atom is -0.353 e. The first-order valence-electron chi connectivity index (χ1n) is 10.5. The molecule has 0 aromatic heterocycles. The van der Waals surface area contributed by atoms with Crippen molar-refractivity contribution >= 4 is 23.6 Å². The van der Waals surface area contributed by atoms with Crippen molar-refractivity contribution in [2.75, 3.05) is 0 Å². The molecule has 4 rings (SSSR count). The third kappa shape index (κ3) is 4.33. The number of fused-ring (bicyclic) bond motifs is 3. The molecule has 29 heavy (non-hydrogen) atoms. The smallest absolute Gasteiger partial charge is 0.269 e. The minimum absolute atomic E-state index is 0.0260. The number of carbonyl (C=O) groups is 2. The molecule has 2 amide bonds. The van der Waals surface area contributed by atoms with E-state index in [-0.39, 0.29) is 35.5 Å². The predicted octanol–water partition coefficient (Wildman–Crippen LogP) is 3.20. The second kappa shape index (κ2) is 8.35. The van der Waals surface area contributed by atoms with Gasteiger partial charge in [-0.1, -0.05) is 12.8 Å². The van der Waals surface area contributed by atoms with Crippen LogP contribution in [0.1, 0.15) is 50.5 Å². The maximum atomic E-state index is 12.5. The molecule has 2 aliphatic carbocycles. The molecule has 1 aromatic rings. The molecule has 1 saturated heterocycles. The number of hydrogen-bond acceptors (Lipinski definition) is 4. The molecule has 3 fully saturated rings. The first kappa shape index (κ1) is 19.6. The van der Waals surface area contributed by atoms with Crippen molar-refractivity contribution in [3.8, 4) is 0 Å². The Bertz CT molecular complexity index is 820. The Kier molecular flexibility index (Phi) is 5.65. The van der Waals surface area contributed by atoms with E-state index in [0.717, 1.165) is 44.1 Å². The van der Waals surface area contributed by atoms with Crippen LogP contribution in [0, 0.1) is 27.9 Å². The van der Waals surface area contributed by atoms with Crippen LogP contribution in [0.2, 0.25) is 0 Å². The number of non-ortho nitro benzene ring substituents is 1. The van der Waals surface area contributed by atoms with Crippen molar-refractivity contribution < 1.29 is 14.5 Å². The van der Waals surface area contributed by atoms with Crippen LogP contribution >= 0.6 is 0 Å². The summed E-state index contributed by atoms with van der Waals surface area (Å²) in [5, 5.41) is 17.0. The quantitative estimate of drug-likeness (QED) is 0.463. The zero-order chi connectivity index (χ0) is 20.4. The Morgan fingerprint density at radius 3 is 2.62 bits per heavy atom. The van der Waals surface area contributed by atoms with E-state index in [0.29, 0.717) is 11.8 Å². The molecular formula is C22H27N3O4. The summed E-state index contributed by atoms with van der Waals surface area (Å²) in [6.07, 6.45) is 10.5. The van der Waals surface area contributed by atoms with Gasteiger partial charge < -0.3 is 10.6 Å². The molecule has 5 atom stereocenters. The van der Waals surface area contributed by atoms with E-state index in [9.17, 15) is 19.7 Å². The molecule has 1 aromatic carbocycles. The van der Waals surface area contributed by atoms with E-state index >= 15 is 0 Å². The van der Waals surface area contributed by atoms with Gasteiger partial charge in [-0.2, -0.15) is 0 Å². The molecule has 2 saturated carbocycles. The van der Waals surface area contributed by atoms with Gasteiger partial charge in [0.15, 0.2) is 0 Å². The molecule has 1 heterocycles. The lowest BCUT2D eigenvalue weighted by Crippen LogP contribution is -2.59. The van der Waals surface area contributed by atoms with Gasteiger partial charge in [0, 0.05) is 36.2 Å². The number of nitro groups is 1. The van der Waals surface area contributed by atoms with Gasteiger partial charge in [-0.15, -0.1) is 0 Å². The molecule has 1 aliphatic heterocycles. The number of benzene rings is 1. The SMILES string of the molecule is O=C(/C=C\c1ccc([N+](=O)[O-])cc1)NC1CCC2C(C1)NC(=O)C1CCCCC12.